The molecule has 88 valence electrons. The molecule has 0 bridgehead atoms. The van der Waals surface area contributed by atoms with Crippen molar-refractivity contribution in [3.8, 4) is 16.2 Å². The molecule has 4 N–H and O–H groups in total. The van der Waals surface area contributed by atoms with Crippen LogP contribution in [0.25, 0.3) is 10.4 Å². The lowest BCUT2D eigenvalue weighted by Crippen LogP contribution is -1.99. The number of carboxylic acids is 1. The number of anilines is 1. The van der Waals surface area contributed by atoms with Crippen LogP contribution in [-0.4, -0.2) is 21.2 Å². The number of rotatable bonds is 2. The summed E-state index contributed by atoms with van der Waals surface area (Å²) in [5.41, 5.74) is 6.69. The Morgan fingerprint density at radius 1 is 1.47 bits per heavy atom. The summed E-state index contributed by atoms with van der Waals surface area (Å²) in [6, 6.07) is 5.01. The van der Waals surface area contributed by atoms with Gasteiger partial charge in [-0.15, -0.1) is 0 Å². The van der Waals surface area contributed by atoms with Crippen molar-refractivity contribution in [1.29, 1.82) is 0 Å². The Labute approximate surface area is 101 Å². The second-order valence-electron chi connectivity index (χ2n) is 3.56. The van der Waals surface area contributed by atoms with Crippen LogP contribution < -0.4 is 5.73 Å². The van der Waals surface area contributed by atoms with Crippen molar-refractivity contribution >= 4 is 22.4 Å². The molecule has 0 aliphatic carbocycles. The van der Waals surface area contributed by atoms with E-state index in [2.05, 4.69) is 4.98 Å². The number of hydrogen-bond acceptors (Lipinski definition) is 5. The summed E-state index contributed by atoms with van der Waals surface area (Å²) in [5, 5.41) is 19.0. The first-order valence-corrected chi connectivity index (χ1v) is 5.60. The Kier molecular flexibility index (Phi) is 2.72. The van der Waals surface area contributed by atoms with Crippen LogP contribution in [0.4, 0.5) is 5.13 Å². The van der Waals surface area contributed by atoms with E-state index in [4.69, 9.17) is 10.8 Å². The van der Waals surface area contributed by atoms with Crippen molar-refractivity contribution in [2.45, 2.75) is 6.92 Å². The summed E-state index contributed by atoms with van der Waals surface area (Å²) >= 11 is 1.04. The topological polar surface area (TPSA) is 96.4 Å². The van der Waals surface area contributed by atoms with E-state index in [1.54, 1.807) is 18.2 Å². The molecule has 0 amide bonds. The van der Waals surface area contributed by atoms with Crippen molar-refractivity contribution in [3.05, 3.63) is 29.5 Å². The smallest absolute Gasteiger partial charge is 0.356 e. The number of hydrogen-bond donors (Lipinski definition) is 3. The fraction of sp³-hybridized carbons (Fsp3) is 0.0909. The number of aromatic hydroxyl groups is 1. The molecule has 0 atom stereocenters. The lowest BCUT2D eigenvalue weighted by Gasteiger charge is -2.03. The van der Waals surface area contributed by atoms with Gasteiger partial charge in [0.05, 0.1) is 4.88 Å². The zero-order valence-electron chi connectivity index (χ0n) is 8.97. The standard InChI is InChI=1S/C11H10N2O3S/c1-5-2-3-6(7(14)4-5)9-8(10(15)16)13-11(12)17-9/h2-4,14H,1H3,(H2,12,13)(H,15,16). The van der Waals surface area contributed by atoms with Crippen molar-refractivity contribution in [2.75, 3.05) is 5.73 Å². The normalized spacial score (nSPS) is 10.4. The zero-order chi connectivity index (χ0) is 12.6. The van der Waals surface area contributed by atoms with Crippen LogP contribution in [0.3, 0.4) is 0 Å². The van der Waals surface area contributed by atoms with E-state index in [9.17, 15) is 9.90 Å². The van der Waals surface area contributed by atoms with E-state index in [-0.39, 0.29) is 16.6 Å². The molecule has 2 aromatic rings. The monoisotopic (exact) mass is 250 g/mol. The SMILES string of the molecule is Cc1ccc(-c2sc(N)nc2C(=O)O)c(O)c1. The quantitative estimate of drug-likeness (QED) is 0.758. The summed E-state index contributed by atoms with van der Waals surface area (Å²) in [5.74, 6) is -1.14. The minimum Gasteiger partial charge on any atom is -0.507 e. The molecule has 0 saturated heterocycles. The summed E-state index contributed by atoms with van der Waals surface area (Å²) in [4.78, 5) is 15.1. The van der Waals surface area contributed by atoms with Gasteiger partial charge in [0.2, 0.25) is 0 Å². The number of nitrogens with two attached hydrogens (primary N) is 1. The number of aryl methyl sites for hydroxylation is 1. The zero-order valence-corrected chi connectivity index (χ0v) is 9.78. The highest BCUT2D eigenvalue weighted by molar-refractivity contribution is 7.19. The maximum atomic E-state index is 11.0. The molecule has 0 unspecified atom stereocenters. The predicted molar refractivity (Wildman–Crippen MR) is 65.3 cm³/mol. The van der Waals surface area contributed by atoms with Gasteiger partial charge in [0.1, 0.15) is 5.75 Å². The van der Waals surface area contributed by atoms with E-state index < -0.39 is 5.97 Å². The first-order chi connectivity index (χ1) is 7.99. The maximum Gasteiger partial charge on any atom is 0.356 e. The molecule has 0 aliphatic heterocycles. The Bertz CT molecular complexity index is 592. The van der Waals surface area contributed by atoms with Gasteiger partial charge in [-0.25, -0.2) is 9.78 Å². The Hall–Kier alpha value is -2.08. The number of aromatic nitrogens is 1. The maximum absolute atomic E-state index is 11.0. The van der Waals surface area contributed by atoms with Gasteiger partial charge in [-0.2, -0.15) is 0 Å². The predicted octanol–water partition coefficient (Wildman–Crippen LogP) is 2.10. The summed E-state index contributed by atoms with van der Waals surface area (Å²) < 4.78 is 0. The number of phenols is 1. The molecular weight excluding hydrogens is 240 g/mol. The van der Waals surface area contributed by atoms with Crippen molar-refractivity contribution in [3.63, 3.8) is 0 Å². The highest BCUT2D eigenvalue weighted by Gasteiger charge is 2.19. The third kappa shape index (κ3) is 2.07. The van der Waals surface area contributed by atoms with Crippen molar-refractivity contribution in [2.24, 2.45) is 0 Å². The van der Waals surface area contributed by atoms with Crippen LogP contribution in [0.5, 0.6) is 5.75 Å². The van der Waals surface area contributed by atoms with Crippen molar-refractivity contribution < 1.29 is 15.0 Å². The number of benzene rings is 1. The second kappa shape index (κ2) is 4.06. The van der Waals surface area contributed by atoms with E-state index in [0.717, 1.165) is 16.9 Å². The average molecular weight is 250 g/mol. The molecule has 6 heteroatoms. The summed E-state index contributed by atoms with van der Waals surface area (Å²) in [6.45, 7) is 1.84. The molecule has 1 heterocycles. The third-order valence-electron chi connectivity index (χ3n) is 2.24. The number of nitrogen functional groups attached to an aromatic ring is 1. The highest BCUT2D eigenvalue weighted by Crippen LogP contribution is 2.37. The van der Waals surface area contributed by atoms with Gasteiger partial charge in [0.25, 0.3) is 0 Å². The fourth-order valence-corrected chi connectivity index (χ4v) is 2.36. The van der Waals surface area contributed by atoms with Gasteiger partial charge in [0, 0.05) is 5.56 Å². The van der Waals surface area contributed by atoms with Crippen LogP contribution in [0, 0.1) is 6.92 Å². The molecule has 0 fully saturated rings. The third-order valence-corrected chi connectivity index (χ3v) is 3.16. The lowest BCUT2D eigenvalue weighted by molar-refractivity contribution is 0.0692. The van der Waals surface area contributed by atoms with Crippen LogP contribution in [0.1, 0.15) is 16.1 Å². The molecule has 0 aliphatic rings. The van der Waals surface area contributed by atoms with Crippen LogP contribution in [0.2, 0.25) is 0 Å². The lowest BCUT2D eigenvalue weighted by atomic mass is 10.1. The Morgan fingerprint density at radius 3 is 2.76 bits per heavy atom. The molecule has 2 rings (SSSR count). The number of phenolic OH excluding ortho intramolecular Hbond substituents is 1. The summed E-state index contributed by atoms with van der Waals surface area (Å²) in [7, 11) is 0. The number of carbonyl (C=O) groups is 1. The van der Waals surface area contributed by atoms with Crippen molar-refractivity contribution in [1.82, 2.24) is 4.98 Å². The van der Waals surface area contributed by atoms with Crippen LogP contribution in [0.15, 0.2) is 18.2 Å². The van der Waals surface area contributed by atoms with Crippen LogP contribution >= 0.6 is 11.3 Å². The first-order valence-electron chi connectivity index (χ1n) is 4.78. The Morgan fingerprint density at radius 2 is 2.18 bits per heavy atom. The van der Waals surface area contributed by atoms with E-state index in [1.165, 1.54) is 0 Å². The molecule has 0 radical (unpaired) electrons. The van der Waals surface area contributed by atoms with E-state index in [1.807, 2.05) is 6.92 Å². The van der Waals surface area contributed by atoms with E-state index in [0.29, 0.717) is 10.4 Å². The van der Waals surface area contributed by atoms with Gasteiger partial charge in [-0.1, -0.05) is 17.4 Å². The molecule has 0 spiro atoms. The fourth-order valence-electron chi connectivity index (χ4n) is 1.50. The molecule has 1 aromatic carbocycles. The molecule has 17 heavy (non-hydrogen) atoms. The van der Waals surface area contributed by atoms with Gasteiger partial charge in [0.15, 0.2) is 10.8 Å². The average Bonchev–Trinajstić information content (AvgIpc) is 2.60. The Balaban J connectivity index is 2.63. The van der Waals surface area contributed by atoms with Gasteiger partial charge in [-0.3, -0.25) is 0 Å². The van der Waals surface area contributed by atoms with Gasteiger partial charge >= 0.3 is 5.97 Å². The molecule has 5 nitrogen and oxygen atoms in total. The van der Waals surface area contributed by atoms with Gasteiger partial charge < -0.3 is 15.9 Å². The summed E-state index contributed by atoms with van der Waals surface area (Å²) in [6.07, 6.45) is 0. The number of carboxylic acid groups (broad SMARTS) is 1. The second-order valence-corrected chi connectivity index (χ2v) is 4.59. The minimum atomic E-state index is -1.16. The molecular formula is C11H10N2O3S. The largest absolute Gasteiger partial charge is 0.507 e. The van der Waals surface area contributed by atoms with E-state index >= 15 is 0 Å². The highest BCUT2D eigenvalue weighted by atomic mass is 32.1. The minimum absolute atomic E-state index is 0.0242. The van der Waals surface area contributed by atoms with Crippen LogP contribution in [-0.2, 0) is 0 Å². The number of thiazole rings is 1. The molecule has 1 aromatic heterocycles. The number of nitrogens with zero attached hydrogens (tertiary/aromatic N) is 1. The molecule has 0 saturated carbocycles. The van der Waals surface area contributed by atoms with Gasteiger partial charge in [-0.05, 0) is 24.6 Å². The number of aromatic carboxylic acids is 1. The first kappa shape index (κ1) is 11.4.